The standard InChI is InChI=1S/C17H22OS/c1-5-8-13-17(11-6-2)19-14-10-9-12-16(7-3)15(4)18/h5-8,11-12,17H,3,13-14H2,1-2,4H3/b8-5+,11-6-,16-12+/t17-/m1/s1. The molecule has 1 atom stereocenters. The summed E-state index contributed by atoms with van der Waals surface area (Å²) in [4.78, 5) is 11.1. The molecule has 19 heavy (non-hydrogen) atoms. The van der Waals surface area contributed by atoms with Gasteiger partial charge in [-0.2, -0.15) is 0 Å². The van der Waals surface area contributed by atoms with Crippen molar-refractivity contribution in [1.82, 2.24) is 0 Å². The van der Waals surface area contributed by atoms with E-state index in [1.165, 1.54) is 6.92 Å². The maximum absolute atomic E-state index is 11.1. The largest absolute Gasteiger partial charge is 0.294 e. The number of thioether (sulfide) groups is 1. The van der Waals surface area contributed by atoms with E-state index >= 15 is 0 Å². The van der Waals surface area contributed by atoms with Crippen molar-refractivity contribution in [2.45, 2.75) is 32.4 Å². The molecule has 0 saturated heterocycles. The second kappa shape index (κ2) is 11.6. The van der Waals surface area contributed by atoms with Gasteiger partial charge < -0.3 is 0 Å². The third-order valence-electron chi connectivity index (χ3n) is 2.34. The minimum Gasteiger partial charge on any atom is -0.294 e. The summed E-state index contributed by atoms with van der Waals surface area (Å²) in [6.07, 6.45) is 12.7. The molecule has 0 fully saturated rings. The summed E-state index contributed by atoms with van der Waals surface area (Å²) in [5.74, 6) is 6.71. The normalized spacial score (nSPS) is 13.3. The first-order chi connectivity index (χ1) is 9.15. The van der Waals surface area contributed by atoms with Crippen molar-refractivity contribution >= 4 is 17.5 Å². The van der Waals surface area contributed by atoms with Crippen molar-refractivity contribution in [1.29, 1.82) is 0 Å². The Morgan fingerprint density at radius 3 is 2.63 bits per heavy atom. The molecule has 0 aliphatic carbocycles. The highest BCUT2D eigenvalue weighted by atomic mass is 32.2. The lowest BCUT2D eigenvalue weighted by Crippen LogP contribution is -1.97. The second-order valence-electron chi connectivity index (χ2n) is 3.86. The van der Waals surface area contributed by atoms with Crippen LogP contribution in [0.25, 0.3) is 0 Å². The minimum atomic E-state index is -0.00294. The maximum Gasteiger partial charge on any atom is 0.160 e. The van der Waals surface area contributed by atoms with Crippen LogP contribution in [0.2, 0.25) is 0 Å². The van der Waals surface area contributed by atoms with Crippen LogP contribution in [0.4, 0.5) is 0 Å². The van der Waals surface area contributed by atoms with Gasteiger partial charge in [0, 0.05) is 10.8 Å². The van der Waals surface area contributed by atoms with Crippen molar-refractivity contribution in [3.05, 3.63) is 48.6 Å². The number of hydrogen-bond donors (Lipinski definition) is 0. The van der Waals surface area contributed by atoms with E-state index in [0.29, 0.717) is 10.8 Å². The molecular formula is C17H22OS. The van der Waals surface area contributed by atoms with Crippen molar-refractivity contribution in [3.63, 3.8) is 0 Å². The van der Waals surface area contributed by atoms with Crippen LogP contribution >= 0.6 is 11.8 Å². The number of hydrogen-bond acceptors (Lipinski definition) is 2. The molecule has 0 amide bonds. The average molecular weight is 274 g/mol. The predicted molar refractivity (Wildman–Crippen MR) is 87.2 cm³/mol. The van der Waals surface area contributed by atoms with E-state index < -0.39 is 0 Å². The molecule has 0 aliphatic heterocycles. The fourth-order valence-electron chi connectivity index (χ4n) is 1.31. The fourth-order valence-corrected chi connectivity index (χ4v) is 2.21. The summed E-state index contributed by atoms with van der Waals surface area (Å²) < 4.78 is 0. The summed E-state index contributed by atoms with van der Waals surface area (Å²) in [6.45, 7) is 9.16. The third kappa shape index (κ3) is 9.16. The van der Waals surface area contributed by atoms with Crippen LogP contribution in [0.15, 0.2) is 48.6 Å². The quantitative estimate of drug-likeness (QED) is 0.297. The molecule has 0 aliphatic rings. The topological polar surface area (TPSA) is 17.1 Å². The van der Waals surface area contributed by atoms with Crippen molar-refractivity contribution < 1.29 is 4.79 Å². The highest BCUT2D eigenvalue weighted by Crippen LogP contribution is 2.16. The van der Waals surface area contributed by atoms with Gasteiger partial charge in [0.25, 0.3) is 0 Å². The van der Waals surface area contributed by atoms with Gasteiger partial charge in [-0.05, 0) is 33.3 Å². The summed E-state index contributed by atoms with van der Waals surface area (Å²) in [6, 6.07) is 0. The molecule has 0 unspecified atom stereocenters. The lowest BCUT2D eigenvalue weighted by atomic mass is 10.2. The Balaban J connectivity index is 4.33. The molecule has 102 valence electrons. The lowest BCUT2D eigenvalue weighted by Gasteiger charge is -2.06. The van der Waals surface area contributed by atoms with Crippen LogP contribution in [0.1, 0.15) is 27.2 Å². The van der Waals surface area contributed by atoms with E-state index in [1.807, 2.05) is 13.8 Å². The first kappa shape index (κ1) is 17.5. The first-order valence-corrected chi connectivity index (χ1v) is 7.38. The van der Waals surface area contributed by atoms with Gasteiger partial charge in [0.05, 0.1) is 5.75 Å². The van der Waals surface area contributed by atoms with E-state index in [4.69, 9.17) is 0 Å². The van der Waals surface area contributed by atoms with Crippen LogP contribution in [-0.4, -0.2) is 16.8 Å². The Kier molecular flexibility index (Phi) is 10.7. The third-order valence-corrected chi connectivity index (χ3v) is 3.43. The number of carbonyl (C=O) groups excluding carboxylic acids is 1. The van der Waals surface area contributed by atoms with Gasteiger partial charge >= 0.3 is 0 Å². The molecule has 0 saturated carbocycles. The molecule has 0 aromatic heterocycles. The lowest BCUT2D eigenvalue weighted by molar-refractivity contribution is -0.113. The smallest absolute Gasteiger partial charge is 0.160 e. The number of carbonyl (C=O) groups is 1. The molecule has 0 aromatic carbocycles. The van der Waals surface area contributed by atoms with Crippen LogP contribution in [0.3, 0.4) is 0 Å². The van der Waals surface area contributed by atoms with E-state index in [9.17, 15) is 4.79 Å². The molecule has 0 heterocycles. The SMILES string of the molecule is C=C/C(=C\C#CCS[C@H](/C=C\C)C/C=C/C)C(C)=O. The number of rotatable bonds is 7. The Morgan fingerprint density at radius 2 is 2.11 bits per heavy atom. The van der Waals surface area contributed by atoms with Crippen LogP contribution < -0.4 is 0 Å². The Bertz CT molecular complexity index is 430. The van der Waals surface area contributed by atoms with Gasteiger partial charge in [-0.3, -0.25) is 4.79 Å². The maximum atomic E-state index is 11.1. The highest BCUT2D eigenvalue weighted by Gasteiger charge is 2.00. The molecule has 0 bridgehead atoms. The zero-order valence-electron chi connectivity index (χ0n) is 12.0. The van der Waals surface area contributed by atoms with E-state index in [0.717, 1.165) is 12.2 Å². The van der Waals surface area contributed by atoms with Crippen molar-refractivity contribution in [3.8, 4) is 11.8 Å². The van der Waals surface area contributed by atoms with E-state index in [-0.39, 0.29) is 5.78 Å². The zero-order chi connectivity index (χ0) is 14.5. The van der Waals surface area contributed by atoms with Gasteiger partial charge in [0.1, 0.15) is 0 Å². The Morgan fingerprint density at radius 1 is 1.37 bits per heavy atom. The van der Waals surface area contributed by atoms with Gasteiger partial charge in [0.2, 0.25) is 0 Å². The van der Waals surface area contributed by atoms with Crippen LogP contribution in [0, 0.1) is 11.8 Å². The fraction of sp³-hybridized carbons (Fsp3) is 0.353. The number of allylic oxidation sites excluding steroid dienone is 6. The van der Waals surface area contributed by atoms with Gasteiger partial charge in [-0.25, -0.2) is 0 Å². The summed E-state index contributed by atoms with van der Waals surface area (Å²) in [5.41, 5.74) is 0.566. The molecule has 0 radical (unpaired) electrons. The van der Waals surface area contributed by atoms with Gasteiger partial charge in [-0.1, -0.05) is 48.8 Å². The second-order valence-corrected chi connectivity index (χ2v) is 5.09. The molecule has 0 aromatic rings. The number of ketones is 1. The summed E-state index contributed by atoms with van der Waals surface area (Å²) in [7, 11) is 0. The van der Waals surface area contributed by atoms with Crippen molar-refractivity contribution in [2.24, 2.45) is 0 Å². The molecule has 1 nitrogen and oxygen atoms in total. The monoisotopic (exact) mass is 274 g/mol. The molecule has 2 heteroatoms. The highest BCUT2D eigenvalue weighted by molar-refractivity contribution is 8.00. The van der Waals surface area contributed by atoms with Gasteiger partial charge in [0.15, 0.2) is 5.78 Å². The zero-order valence-corrected chi connectivity index (χ0v) is 12.8. The predicted octanol–water partition coefficient (Wildman–Crippen LogP) is 4.34. The number of Topliss-reactive ketones (excluding diaryl/α,β-unsaturated/α-hetero) is 1. The molecular weight excluding hydrogens is 252 g/mol. The summed E-state index contributed by atoms with van der Waals surface area (Å²) in [5, 5.41) is 0.464. The first-order valence-electron chi connectivity index (χ1n) is 6.33. The molecule has 0 spiro atoms. The molecule has 0 N–H and O–H groups in total. The van der Waals surface area contributed by atoms with Crippen LogP contribution in [-0.2, 0) is 4.79 Å². The van der Waals surface area contributed by atoms with E-state index in [1.54, 1.807) is 23.9 Å². The summed E-state index contributed by atoms with van der Waals surface area (Å²) >= 11 is 1.80. The Labute approximate surface area is 121 Å². The van der Waals surface area contributed by atoms with E-state index in [2.05, 4.69) is 42.7 Å². The molecule has 0 rings (SSSR count). The Hall–Kier alpha value is -1.46. The minimum absolute atomic E-state index is 0.00294. The van der Waals surface area contributed by atoms with Crippen LogP contribution in [0.5, 0.6) is 0 Å². The van der Waals surface area contributed by atoms with Gasteiger partial charge in [-0.15, -0.1) is 11.8 Å². The average Bonchev–Trinajstić information content (AvgIpc) is 2.39. The van der Waals surface area contributed by atoms with Crippen molar-refractivity contribution in [2.75, 3.05) is 5.75 Å².